The van der Waals surface area contributed by atoms with Gasteiger partial charge in [-0.05, 0) is 12.1 Å². The monoisotopic (exact) mass is 343 g/mol. The number of carbonyl (C=O) groups is 1. The largest absolute Gasteiger partial charge is 0.478 e. The lowest BCUT2D eigenvalue weighted by atomic mass is 10.2. The summed E-state index contributed by atoms with van der Waals surface area (Å²) < 4.78 is 25.9. The van der Waals surface area contributed by atoms with Gasteiger partial charge in [0.15, 0.2) is 0 Å². The summed E-state index contributed by atoms with van der Waals surface area (Å²) in [6, 6.07) is 1.93. The molecule has 0 unspecified atom stereocenters. The van der Waals surface area contributed by atoms with Crippen molar-refractivity contribution in [2.75, 3.05) is 6.54 Å². The van der Waals surface area contributed by atoms with Crippen LogP contribution in [-0.4, -0.2) is 26.0 Å². The Morgan fingerprint density at radius 3 is 2.37 bits per heavy atom. The molecule has 0 heterocycles. The van der Waals surface area contributed by atoms with Gasteiger partial charge in [0.1, 0.15) is 4.90 Å². The van der Waals surface area contributed by atoms with Gasteiger partial charge in [0.05, 0.1) is 15.6 Å². The van der Waals surface area contributed by atoms with E-state index in [1.807, 2.05) is 0 Å². The van der Waals surface area contributed by atoms with E-state index in [9.17, 15) is 13.2 Å². The lowest BCUT2D eigenvalue weighted by Gasteiger charge is -2.09. The van der Waals surface area contributed by atoms with E-state index in [1.165, 1.54) is 0 Å². The highest BCUT2D eigenvalue weighted by molar-refractivity contribution is 7.89. The second kappa shape index (κ2) is 6.11. The fraction of sp³-hybridized carbons (Fsp3) is 0.100. The van der Waals surface area contributed by atoms with Crippen LogP contribution in [0.1, 0.15) is 10.4 Å². The Hall–Kier alpha value is -0.790. The van der Waals surface area contributed by atoms with E-state index < -0.39 is 20.9 Å². The Morgan fingerprint density at radius 2 is 1.89 bits per heavy atom. The third kappa shape index (κ3) is 4.09. The first-order valence-corrected chi connectivity index (χ1v) is 7.32. The van der Waals surface area contributed by atoms with Crippen molar-refractivity contribution in [3.8, 4) is 0 Å². The van der Waals surface area contributed by atoms with E-state index in [0.29, 0.717) is 0 Å². The minimum Gasteiger partial charge on any atom is -0.478 e. The van der Waals surface area contributed by atoms with Crippen molar-refractivity contribution < 1.29 is 18.3 Å². The number of sulfonamides is 1. The van der Waals surface area contributed by atoms with E-state index >= 15 is 0 Å². The van der Waals surface area contributed by atoms with Crippen LogP contribution in [0.4, 0.5) is 0 Å². The summed E-state index contributed by atoms with van der Waals surface area (Å²) in [6.07, 6.45) is 0. The van der Waals surface area contributed by atoms with Gasteiger partial charge in [-0.1, -0.05) is 41.4 Å². The molecule has 0 aliphatic rings. The van der Waals surface area contributed by atoms with E-state index in [2.05, 4.69) is 11.3 Å². The molecule has 0 spiro atoms. The molecule has 0 bridgehead atoms. The van der Waals surface area contributed by atoms with Gasteiger partial charge >= 0.3 is 5.97 Å². The second-order valence-corrected chi connectivity index (χ2v) is 6.49. The number of benzene rings is 1. The summed E-state index contributed by atoms with van der Waals surface area (Å²) in [5.74, 6) is -1.36. The minimum absolute atomic E-state index is 0.0760. The molecule has 0 aliphatic carbocycles. The van der Waals surface area contributed by atoms with Crippen LogP contribution in [0.25, 0.3) is 0 Å². The zero-order chi connectivity index (χ0) is 14.8. The summed E-state index contributed by atoms with van der Waals surface area (Å²) in [6.45, 7) is 3.12. The molecule has 1 rings (SSSR count). The van der Waals surface area contributed by atoms with Crippen molar-refractivity contribution in [3.63, 3.8) is 0 Å². The number of carboxylic acid groups (broad SMARTS) is 1. The molecule has 1 aromatic carbocycles. The first kappa shape index (κ1) is 16.3. The summed E-state index contributed by atoms with van der Waals surface area (Å²) in [4.78, 5) is 10.5. The minimum atomic E-state index is -4.01. The number of hydrogen-bond donors (Lipinski definition) is 2. The maximum atomic E-state index is 11.9. The van der Waals surface area contributed by atoms with E-state index in [1.54, 1.807) is 0 Å². The highest BCUT2D eigenvalue weighted by atomic mass is 35.5. The van der Waals surface area contributed by atoms with Gasteiger partial charge in [0, 0.05) is 11.6 Å². The third-order valence-electron chi connectivity index (χ3n) is 2.00. The molecule has 0 aliphatic heterocycles. The summed E-state index contributed by atoms with van der Waals surface area (Å²) in [5.41, 5.74) is -0.365. The molecule has 9 heteroatoms. The second-order valence-electron chi connectivity index (χ2n) is 3.41. The number of carboxylic acids is 1. The molecule has 19 heavy (non-hydrogen) atoms. The number of aromatic carboxylic acids is 1. The number of hydrogen-bond acceptors (Lipinski definition) is 3. The van der Waals surface area contributed by atoms with Gasteiger partial charge in [-0.15, -0.1) is 0 Å². The van der Waals surface area contributed by atoms with Gasteiger partial charge in [0.2, 0.25) is 10.0 Å². The molecule has 2 N–H and O–H groups in total. The molecule has 1 aromatic rings. The van der Waals surface area contributed by atoms with Crippen LogP contribution < -0.4 is 4.72 Å². The molecule has 0 amide bonds. The van der Waals surface area contributed by atoms with E-state index in [0.717, 1.165) is 12.1 Å². The third-order valence-corrected chi connectivity index (χ3v) is 4.31. The maximum Gasteiger partial charge on any atom is 0.337 e. The van der Waals surface area contributed by atoms with Gasteiger partial charge in [0.25, 0.3) is 0 Å². The molecular weight excluding hydrogens is 337 g/mol. The van der Waals surface area contributed by atoms with Crippen LogP contribution >= 0.6 is 34.8 Å². The smallest absolute Gasteiger partial charge is 0.337 e. The predicted octanol–water partition coefficient (Wildman–Crippen LogP) is 2.72. The van der Waals surface area contributed by atoms with Crippen LogP contribution in [0.15, 0.2) is 28.6 Å². The van der Waals surface area contributed by atoms with E-state index in [-0.39, 0.29) is 27.2 Å². The van der Waals surface area contributed by atoms with Crippen LogP contribution in [-0.2, 0) is 10.0 Å². The number of rotatable bonds is 5. The number of nitrogens with one attached hydrogen (secondary N) is 1. The molecule has 0 saturated carbocycles. The summed E-state index contributed by atoms with van der Waals surface area (Å²) in [5, 5.41) is 8.62. The topological polar surface area (TPSA) is 83.5 Å². The zero-order valence-corrected chi connectivity index (χ0v) is 12.4. The average Bonchev–Trinajstić information content (AvgIpc) is 2.25. The normalized spacial score (nSPS) is 11.3. The van der Waals surface area contributed by atoms with Crippen LogP contribution in [0, 0.1) is 0 Å². The molecule has 0 fully saturated rings. The Labute approximate surface area is 124 Å². The lowest BCUT2D eigenvalue weighted by molar-refractivity contribution is 0.0697. The summed E-state index contributed by atoms with van der Waals surface area (Å²) in [7, 11) is -4.01. The van der Waals surface area contributed by atoms with Crippen LogP contribution in [0.5, 0.6) is 0 Å². The Balaban J connectivity index is 3.30. The highest BCUT2D eigenvalue weighted by Crippen LogP contribution is 2.28. The first-order chi connectivity index (χ1) is 8.65. The Kier molecular flexibility index (Phi) is 5.23. The molecule has 0 atom stereocenters. The molecule has 0 saturated heterocycles. The van der Waals surface area contributed by atoms with E-state index in [4.69, 9.17) is 39.9 Å². The highest BCUT2D eigenvalue weighted by Gasteiger charge is 2.22. The fourth-order valence-corrected chi connectivity index (χ4v) is 3.17. The van der Waals surface area contributed by atoms with Crippen molar-refractivity contribution in [2.24, 2.45) is 0 Å². The molecule has 0 aromatic heterocycles. The summed E-state index contributed by atoms with van der Waals surface area (Å²) >= 11 is 16.9. The Morgan fingerprint density at radius 1 is 1.32 bits per heavy atom. The van der Waals surface area contributed by atoms with Crippen molar-refractivity contribution in [1.82, 2.24) is 4.72 Å². The van der Waals surface area contributed by atoms with Gasteiger partial charge in [-0.25, -0.2) is 17.9 Å². The molecule has 104 valence electrons. The molecule has 5 nitrogen and oxygen atoms in total. The fourth-order valence-electron chi connectivity index (χ4n) is 1.15. The van der Waals surface area contributed by atoms with Crippen molar-refractivity contribution >= 4 is 50.8 Å². The standard InChI is InChI=1S/C10H8Cl3NO4S/c1-5(11)4-14-19(17,18)9-2-6(10(15)16)7(12)3-8(9)13/h2-3,14H,1,4H2,(H,15,16). The average molecular weight is 345 g/mol. The quantitative estimate of drug-likeness (QED) is 0.860. The SMILES string of the molecule is C=C(Cl)CNS(=O)(=O)c1cc(C(=O)O)c(Cl)cc1Cl. The van der Waals surface area contributed by atoms with Gasteiger partial charge in [-0.2, -0.15) is 0 Å². The maximum absolute atomic E-state index is 11.9. The Bertz CT molecular complexity index is 642. The van der Waals surface area contributed by atoms with Crippen molar-refractivity contribution in [3.05, 3.63) is 39.4 Å². The molecular formula is C10H8Cl3NO4S. The number of halogens is 3. The van der Waals surface area contributed by atoms with Crippen LogP contribution in [0.3, 0.4) is 0 Å². The van der Waals surface area contributed by atoms with Gasteiger partial charge in [-0.3, -0.25) is 0 Å². The predicted molar refractivity (Wildman–Crippen MR) is 73.6 cm³/mol. The zero-order valence-electron chi connectivity index (χ0n) is 9.28. The van der Waals surface area contributed by atoms with Gasteiger partial charge < -0.3 is 5.11 Å². The van der Waals surface area contributed by atoms with Crippen molar-refractivity contribution in [1.29, 1.82) is 0 Å². The first-order valence-electron chi connectivity index (χ1n) is 4.70. The van der Waals surface area contributed by atoms with Crippen molar-refractivity contribution in [2.45, 2.75) is 4.90 Å². The lowest BCUT2D eigenvalue weighted by Crippen LogP contribution is -2.25. The van der Waals surface area contributed by atoms with Crippen LogP contribution in [0.2, 0.25) is 10.0 Å². The molecule has 0 radical (unpaired) electrons.